The first-order chi connectivity index (χ1) is 9.35. The molecule has 0 fully saturated rings. The molecule has 0 bridgehead atoms. The molecule has 0 saturated carbocycles. The van der Waals surface area contributed by atoms with E-state index in [9.17, 15) is 9.59 Å². The summed E-state index contributed by atoms with van der Waals surface area (Å²) in [6.07, 6.45) is 0. The van der Waals surface area contributed by atoms with Gasteiger partial charge in [0.2, 0.25) is 5.91 Å². The van der Waals surface area contributed by atoms with Crippen LogP contribution in [0.5, 0.6) is 0 Å². The Morgan fingerprint density at radius 2 is 2.10 bits per heavy atom. The van der Waals surface area contributed by atoms with E-state index in [1.807, 2.05) is 0 Å². The van der Waals surface area contributed by atoms with E-state index in [0.717, 1.165) is 6.54 Å². The Morgan fingerprint density at radius 1 is 1.45 bits per heavy atom. The lowest BCUT2D eigenvalue weighted by Gasteiger charge is -2.14. The summed E-state index contributed by atoms with van der Waals surface area (Å²) in [5, 5.41) is 6.21. The van der Waals surface area contributed by atoms with Crippen LogP contribution in [0.2, 0.25) is 0 Å². The number of carbonyl (C=O) groups excluding carboxylic acids is 2. The number of hydrogen-bond acceptors (Lipinski definition) is 6. The largest absolute Gasteiger partial charge is 0.382 e. The number of aromatic nitrogens is 1. The number of anilines is 2. The second-order valence-corrected chi connectivity index (χ2v) is 5.84. The third-order valence-corrected chi connectivity index (χ3v) is 3.53. The smallest absolute Gasteiger partial charge is 0.268 e. The van der Waals surface area contributed by atoms with Gasteiger partial charge in [0.1, 0.15) is 10.7 Å². The van der Waals surface area contributed by atoms with Crippen LogP contribution < -0.4 is 16.4 Å². The van der Waals surface area contributed by atoms with Gasteiger partial charge in [0.15, 0.2) is 5.13 Å². The third kappa shape index (κ3) is 4.37. The highest BCUT2D eigenvalue weighted by Gasteiger charge is 2.21. The zero-order valence-corrected chi connectivity index (χ0v) is 13.0. The highest BCUT2D eigenvalue weighted by atomic mass is 32.1. The molecule has 0 radical (unpaired) electrons. The van der Waals surface area contributed by atoms with E-state index in [1.54, 1.807) is 7.05 Å². The normalized spacial score (nSPS) is 10.4. The van der Waals surface area contributed by atoms with Gasteiger partial charge in [0, 0.05) is 20.6 Å². The Kier molecular flexibility index (Phi) is 5.75. The standard InChI is InChI=1S/C12H21N5O2S/c1-7(2)5-15-12-16-10(13)9(20-12)11(19)17(4)6-8(18)14-3/h7H,5-6,13H2,1-4H3,(H,14,18)(H,15,16). The Bertz CT molecular complexity index is 486. The molecule has 0 saturated heterocycles. The van der Waals surface area contributed by atoms with Crippen molar-refractivity contribution >= 4 is 34.1 Å². The van der Waals surface area contributed by atoms with E-state index >= 15 is 0 Å². The average molecular weight is 299 g/mol. The van der Waals surface area contributed by atoms with Gasteiger partial charge in [-0.3, -0.25) is 9.59 Å². The summed E-state index contributed by atoms with van der Waals surface area (Å²) in [7, 11) is 3.08. The summed E-state index contributed by atoms with van der Waals surface area (Å²) in [4.78, 5) is 29.2. The van der Waals surface area contributed by atoms with Gasteiger partial charge in [-0.1, -0.05) is 25.2 Å². The molecule has 0 aromatic carbocycles. The molecule has 0 aliphatic heterocycles. The summed E-state index contributed by atoms with van der Waals surface area (Å²) >= 11 is 1.20. The number of nitrogen functional groups attached to an aromatic ring is 1. The Labute approximate surface area is 122 Å². The quantitative estimate of drug-likeness (QED) is 0.714. The maximum Gasteiger partial charge on any atom is 0.268 e. The van der Waals surface area contributed by atoms with Crippen molar-refractivity contribution in [2.24, 2.45) is 5.92 Å². The minimum atomic E-state index is -0.304. The lowest BCUT2D eigenvalue weighted by Crippen LogP contribution is -2.36. The van der Waals surface area contributed by atoms with Gasteiger partial charge >= 0.3 is 0 Å². The topological polar surface area (TPSA) is 100 Å². The molecule has 20 heavy (non-hydrogen) atoms. The number of likely N-dealkylation sites (N-methyl/N-ethyl adjacent to an activating group) is 2. The molecule has 0 aliphatic carbocycles. The highest BCUT2D eigenvalue weighted by molar-refractivity contribution is 7.18. The Balaban J connectivity index is 2.75. The van der Waals surface area contributed by atoms with E-state index in [1.165, 1.54) is 23.3 Å². The van der Waals surface area contributed by atoms with Crippen LogP contribution in [0.15, 0.2) is 0 Å². The number of carbonyl (C=O) groups is 2. The van der Waals surface area contributed by atoms with Crippen LogP contribution in [0.25, 0.3) is 0 Å². The number of nitrogens with two attached hydrogens (primary N) is 1. The molecular formula is C12H21N5O2S. The SMILES string of the molecule is CNC(=O)CN(C)C(=O)c1sc(NCC(C)C)nc1N. The predicted molar refractivity (Wildman–Crippen MR) is 80.9 cm³/mol. The predicted octanol–water partition coefficient (Wildman–Crippen LogP) is 0.611. The summed E-state index contributed by atoms with van der Waals surface area (Å²) < 4.78 is 0. The molecule has 1 aromatic heterocycles. The molecule has 1 heterocycles. The first-order valence-electron chi connectivity index (χ1n) is 6.31. The van der Waals surface area contributed by atoms with Crippen LogP contribution in [0, 0.1) is 5.92 Å². The van der Waals surface area contributed by atoms with Gasteiger partial charge in [0.25, 0.3) is 5.91 Å². The number of amides is 2. The van der Waals surface area contributed by atoms with Gasteiger partial charge < -0.3 is 21.3 Å². The maximum atomic E-state index is 12.2. The average Bonchev–Trinajstić information content (AvgIpc) is 2.76. The lowest BCUT2D eigenvalue weighted by atomic mass is 10.2. The van der Waals surface area contributed by atoms with Crippen LogP contribution in [-0.2, 0) is 4.79 Å². The zero-order chi connectivity index (χ0) is 15.3. The van der Waals surface area contributed by atoms with Crippen molar-refractivity contribution in [1.29, 1.82) is 0 Å². The van der Waals surface area contributed by atoms with Crippen LogP contribution in [0.3, 0.4) is 0 Å². The fourth-order valence-electron chi connectivity index (χ4n) is 1.39. The molecule has 1 aromatic rings. The van der Waals surface area contributed by atoms with Crippen molar-refractivity contribution in [3.63, 3.8) is 0 Å². The lowest BCUT2D eigenvalue weighted by molar-refractivity contribution is -0.121. The van der Waals surface area contributed by atoms with Crippen molar-refractivity contribution in [3.05, 3.63) is 4.88 Å². The van der Waals surface area contributed by atoms with Gasteiger partial charge in [-0.25, -0.2) is 4.98 Å². The van der Waals surface area contributed by atoms with Gasteiger partial charge in [0.05, 0.1) is 6.54 Å². The molecule has 0 aliphatic rings. The van der Waals surface area contributed by atoms with Gasteiger partial charge in [-0.15, -0.1) is 0 Å². The van der Waals surface area contributed by atoms with Gasteiger partial charge in [-0.2, -0.15) is 0 Å². The number of hydrogen-bond donors (Lipinski definition) is 3. The second-order valence-electron chi connectivity index (χ2n) is 4.84. The van der Waals surface area contributed by atoms with Gasteiger partial charge in [-0.05, 0) is 5.92 Å². The van der Waals surface area contributed by atoms with E-state index in [-0.39, 0.29) is 24.2 Å². The summed E-state index contributed by atoms with van der Waals surface area (Å²) in [5.74, 6) is 0.119. The molecule has 1 rings (SSSR count). The second kappa shape index (κ2) is 7.09. The van der Waals surface area contributed by atoms with Crippen molar-refractivity contribution in [2.45, 2.75) is 13.8 Å². The number of nitrogens with one attached hydrogen (secondary N) is 2. The molecule has 112 valence electrons. The van der Waals surface area contributed by atoms with Crippen molar-refractivity contribution in [3.8, 4) is 0 Å². The Hall–Kier alpha value is -1.83. The monoisotopic (exact) mass is 299 g/mol. The zero-order valence-electron chi connectivity index (χ0n) is 12.2. The molecule has 2 amide bonds. The minimum Gasteiger partial charge on any atom is -0.382 e. The van der Waals surface area contributed by atoms with E-state index in [2.05, 4.69) is 29.5 Å². The summed E-state index contributed by atoms with van der Waals surface area (Å²) in [6, 6.07) is 0. The molecule has 7 nitrogen and oxygen atoms in total. The van der Waals surface area contributed by atoms with Crippen molar-refractivity contribution in [2.75, 3.05) is 38.2 Å². The number of nitrogens with zero attached hydrogens (tertiary/aromatic N) is 2. The van der Waals surface area contributed by atoms with E-state index in [4.69, 9.17) is 5.73 Å². The first kappa shape index (κ1) is 16.2. The molecular weight excluding hydrogens is 278 g/mol. The number of rotatable bonds is 6. The van der Waals surface area contributed by atoms with E-state index < -0.39 is 0 Å². The van der Waals surface area contributed by atoms with Crippen molar-refractivity contribution < 1.29 is 9.59 Å². The third-order valence-electron chi connectivity index (χ3n) is 2.52. The number of thiazole rings is 1. The minimum absolute atomic E-state index is 0.0125. The molecule has 4 N–H and O–H groups in total. The van der Waals surface area contributed by atoms with Crippen molar-refractivity contribution in [1.82, 2.24) is 15.2 Å². The van der Waals surface area contributed by atoms with Crippen LogP contribution in [0.1, 0.15) is 23.5 Å². The first-order valence-corrected chi connectivity index (χ1v) is 7.13. The van der Waals surface area contributed by atoms with Crippen LogP contribution in [0.4, 0.5) is 10.9 Å². The van der Waals surface area contributed by atoms with Crippen LogP contribution in [-0.4, -0.2) is 48.9 Å². The summed E-state index contributed by atoms with van der Waals surface area (Å²) in [5.41, 5.74) is 5.76. The Morgan fingerprint density at radius 3 is 2.65 bits per heavy atom. The maximum absolute atomic E-state index is 12.2. The fraction of sp³-hybridized carbons (Fsp3) is 0.583. The molecule has 0 unspecified atom stereocenters. The van der Waals surface area contributed by atoms with E-state index in [0.29, 0.717) is 15.9 Å². The fourth-order valence-corrected chi connectivity index (χ4v) is 2.28. The summed E-state index contributed by atoms with van der Waals surface area (Å²) in [6.45, 7) is 4.90. The molecule has 8 heteroatoms. The molecule has 0 spiro atoms. The molecule has 0 atom stereocenters. The highest BCUT2D eigenvalue weighted by Crippen LogP contribution is 2.26. The van der Waals surface area contributed by atoms with Crippen LogP contribution >= 0.6 is 11.3 Å².